The summed E-state index contributed by atoms with van der Waals surface area (Å²) < 4.78 is 0. The quantitative estimate of drug-likeness (QED) is 0.830. The largest absolute Gasteiger partial charge is 0.352 e. The maximum Gasteiger partial charge on any atom is 0.225 e. The minimum Gasteiger partial charge on any atom is -0.352 e. The minimum absolute atomic E-state index is 0.289. The molecule has 1 saturated heterocycles. The van der Waals surface area contributed by atoms with Crippen LogP contribution in [-0.4, -0.2) is 47.0 Å². The molecule has 25 heavy (non-hydrogen) atoms. The fourth-order valence-corrected chi connectivity index (χ4v) is 5.94. The maximum atomic E-state index is 12.7. The fourth-order valence-electron chi connectivity index (χ4n) is 4.72. The van der Waals surface area contributed by atoms with Gasteiger partial charge in [0.05, 0.1) is 5.39 Å². The SMILES string of the molecule is O=C(C1CCCC1)N1CCN(c2ncnc3sc4c(c23)CCC4)CC1. The van der Waals surface area contributed by atoms with Gasteiger partial charge < -0.3 is 9.80 Å². The number of piperazine rings is 1. The lowest BCUT2D eigenvalue weighted by Crippen LogP contribution is -2.50. The van der Waals surface area contributed by atoms with E-state index in [1.165, 1.54) is 41.5 Å². The Morgan fingerprint density at radius 1 is 1.04 bits per heavy atom. The van der Waals surface area contributed by atoms with Crippen LogP contribution in [0.15, 0.2) is 6.33 Å². The molecule has 5 nitrogen and oxygen atoms in total. The van der Waals surface area contributed by atoms with Crippen molar-refractivity contribution >= 4 is 33.3 Å². The van der Waals surface area contributed by atoms with Crippen molar-refractivity contribution in [2.24, 2.45) is 5.92 Å². The zero-order chi connectivity index (χ0) is 16.8. The highest BCUT2D eigenvalue weighted by Crippen LogP contribution is 2.40. The lowest BCUT2D eigenvalue weighted by atomic mass is 10.1. The van der Waals surface area contributed by atoms with Crippen molar-refractivity contribution in [1.29, 1.82) is 0 Å². The zero-order valence-corrected chi connectivity index (χ0v) is 15.4. The Labute approximate surface area is 152 Å². The second kappa shape index (κ2) is 6.24. The van der Waals surface area contributed by atoms with Gasteiger partial charge in [-0.25, -0.2) is 9.97 Å². The Kier molecular flexibility index (Phi) is 3.88. The van der Waals surface area contributed by atoms with E-state index in [1.54, 1.807) is 6.33 Å². The second-order valence-electron chi connectivity index (χ2n) is 7.53. The van der Waals surface area contributed by atoms with Crippen molar-refractivity contribution in [3.8, 4) is 0 Å². The summed E-state index contributed by atoms with van der Waals surface area (Å²) in [5.41, 5.74) is 1.49. The first-order valence-electron chi connectivity index (χ1n) is 9.60. The summed E-state index contributed by atoms with van der Waals surface area (Å²) in [5, 5.41) is 1.29. The number of carbonyl (C=O) groups is 1. The number of nitrogens with zero attached hydrogens (tertiary/aromatic N) is 4. The third-order valence-electron chi connectivity index (χ3n) is 6.08. The number of rotatable bonds is 2. The molecule has 1 saturated carbocycles. The van der Waals surface area contributed by atoms with E-state index < -0.39 is 0 Å². The third kappa shape index (κ3) is 2.62. The highest BCUT2D eigenvalue weighted by atomic mass is 32.1. The first kappa shape index (κ1) is 15.6. The number of carbonyl (C=O) groups excluding carboxylic acids is 1. The van der Waals surface area contributed by atoms with Crippen LogP contribution in [0.4, 0.5) is 5.82 Å². The van der Waals surface area contributed by atoms with Crippen molar-refractivity contribution in [1.82, 2.24) is 14.9 Å². The molecule has 6 heteroatoms. The predicted molar refractivity (Wildman–Crippen MR) is 100 cm³/mol. The number of aryl methyl sites for hydroxylation is 2. The van der Waals surface area contributed by atoms with Gasteiger partial charge in [0.2, 0.25) is 5.91 Å². The Morgan fingerprint density at radius 2 is 1.84 bits per heavy atom. The molecule has 0 N–H and O–H groups in total. The van der Waals surface area contributed by atoms with Gasteiger partial charge in [0.25, 0.3) is 0 Å². The van der Waals surface area contributed by atoms with Gasteiger partial charge in [-0.2, -0.15) is 0 Å². The van der Waals surface area contributed by atoms with Gasteiger partial charge >= 0.3 is 0 Å². The molecule has 0 bridgehead atoms. The van der Waals surface area contributed by atoms with Crippen LogP contribution in [0.25, 0.3) is 10.2 Å². The molecule has 0 radical (unpaired) electrons. The van der Waals surface area contributed by atoms with Crippen molar-refractivity contribution in [3.63, 3.8) is 0 Å². The maximum absolute atomic E-state index is 12.7. The Balaban J connectivity index is 1.36. The molecule has 2 fully saturated rings. The van der Waals surface area contributed by atoms with Gasteiger partial charge in [0, 0.05) is 37.0 Å². The average Bonchev–Trinajstić information content (AvgIpc) is 3.37. The van der Waals surface area contributed by atoms with Crippen molar-refractivity contribution in [3.05, 3.63) is 16.8 Å². The summed E-state index contributed by atoms with van der Waals surface area (Å²) in [6.07, 6.45) is 9.94. The van der Waals surface area contributed by atoms with Crippen LogP contribution in [0, 0.1) is 5.92 Å². The normalized spacial score (nSPS) is 21.3. The number of fused-ring (bicyclic) bond motifs is 3. The van der Waals surface area contributed by atoms with E-state index in [9.17, 15) is 4.79 Å². The van der Waals surface area contributed by atoms with E-state index in [4.69, 9.17) is 0 Å². The summed E-state index contributed by atoms with van der Waals surface area (Å²) in [6.45, 7) is 3.42. The molecule has 3 heterocycles. The molecule has 1 amide bonds. The van der Waals surface area contributed by atoms with E-state index in [2.05, 4.69) is 19.8 Å². The van der Waals surface area contributed by atoms with Crippen molar-refractivity contribution < 1.29 is 4.79 Å². The van der Waals surface area contributed by atoms with Crippen LogP contribution in [0.2, 0.25) is 0 Å². The smallest absolute Gasteiger partial charge is 0.225 e. The van der Waals surface area contributed by atoms with Crippen LogP contribution in [0.3, 0.4) is 0 Å². The number of hydrogen-bond donors (Lipinski definition) is 0. The molecule has 0 aromatic carbocycles. The first-order valence-corrected chi connectivity index (χ1v) is 10.4. The zero-order valence-electron chi connectivity index (χ0n) is 14.5. The molecular formula is C19H24N4OS. The predicted octanol–water partition coefficient (Wildman–Crippen LogP) is 3.02. The van der Waals surface area contributed by atoms with Crippen molar-refractivity contribution in [2.75, 3.05) is 31.1 Å². The Bertz CT molecular complexity index is 803. The lowest BCUT2D eigenvalue weighted by Gasteiger charge is -2.36. The van der Waals surface area contributed by atoms with Gasteiger partial charge in [-0.3, -0.25) is 4.79 Å². The van der Waals surface area contributed by atoms with E-state index in [0.717, 1.165) is 56.1 Å². The topological polar surface area (TPSA) is 49.3 Å². The molecule has 2 aromatic rings. The molecular weight excluding hydrogens is 332 g/mol. The summed E-state index contributed by atoms with van der Waals surface area (Å²) in [5.74, 6) is 1.77. The summed E-state index contributed by atoms with van der Waals surface area (Å²) in [6, 6.07) is 0. The molecule has 1 aliphatic heterocycles. The lowest BCUT2D eigenvalue weighted by molar-refractivity contribution is -0.135. The van der Waals surface area contributed by atoms with Gasteiger partial charge in [0.1, 0.15) is 17.0 Å². The van der Waals surface area contributed by atoms with E-state index >= 15 is 0 Å². The van der Waals surface area contributed by atoms with Gasteiger partial charge in [0.15, 0.2) is 0 Å². The second-order valence-corrected chi connectivity index (χ2v) is 8.61. The monoisotopic (exact) mass is 356 g/mol. The molecule has 0 atom stereocenters. The Hall–Kier alpha value is -1.69. The molecule has 3 aliphatic rings. The van der Waals surface area contributed by atoms with Gasteiger partial charge in [-0.1, -0.05) is 12.8 Å². The summed E-state index contributed by atoms with van der Waals surface area (Å²) >= 11 is 1.84. The van der Waals surface area contributed by atoms with Crippen LogP contribution in [0.5, 0.6) is 0 Å². The van der Waals surface area contributed by atoms with Gasteiger partial charge in [-0.15, -0.1) is 11.3 Å². The summed E-state index contributed by atoms with van der Waals surface area (Å²) in [7, 11) is 0. The highest BCUT2D eigenvalue weighted by Gasteiger charge is 2.31. The van der Waals surface area contributed by atoms with Crippen LogP contribution in [0.1, 0.15) is 42.5 Å². The molecule has 132 valence electrons. The first-order chi connectivity index (χ1) is 12.3. The summed E-state index contributed by atoms with van der Waals surface area (Å²) in [4.78, 5) is 28.9. The minimum atomic E-state index is 0.289. The van der Waals surface area contributed by atoms with Gasteiger partial charge in [-0.05, 0) is 37.7 Å². The average molecular weight is 356 g/mol. The fraction of sp³-hybridized carbons (Fsp3) is 0.632. The highest BCUT2D eigenvalue weighted by molar-refractivity contribution is 7.19. The standard InChI is InChI=1S/C19H24N4OS/c24-19(13-4-1-2-5-13)23-10-8-22(9-11-23)17-16-14-6-3-7-15(14)25-18(16)21-12-20-17/h12-13H,1-11H2. The van der Waals surface area contributed by atoms with Crippen molar-refractivity contribution in [2.45, 2.75) is 44.9 Å². The molecule has 2 aliphatic carbocycles. The number of anilines is 1. The number of aromatic nitrogens is 2. The number of hydrogen-bond acceptors (Lipinski definition) is 5. The van der Waals surface area contributed by atoms with E-state index in [0.29, 0.717) is 5.91 Å². The van der Waals surface area contributed by atoms with E-state index in [1.807, 2.05) is 11.3 Å². The molecule has 0 spiro atoms. The van der Waals surface area contributed by atoms with Crippen LogP contribution >= 0.6 is 11.3 Å². The van der Waals surface area contributed by atoms with Crippen LogP contribution < -0.4 is 4.90 Å². The molecule has 5 rings (SSSR count). The number of thiophene rings is 1. The number of amides is 1. The van der Waals surface area contributed by atoms with E-state index in [-0.39, 0.29) is 5.92 Å². The van der Waals surface area contributed by atoms with Crippen LogP contribution in [-0.2, 0) is 17.6 Å². The molecule has 2 aromatic heterocycles. The Morgan fingerprint density at radius 3 is 2.64 bits per heavy atom. The third-order valence-corrected chi connectivity index (χ3v) is 7.28. The molecule has 0 unspecified atom stereocenters.